The number of aromatic nitrogens is 2. The Bertz CT molecular complexity index is 583. The molecule has 4 N–H and O–H groups in total. The number of aromatic amines is 1. The van der Waals surface area contributed by atoms with E-state index >= 15 is 0 Å². The van der Waals surface area contributed by atoms with Crippen molar-refractivity contribution in [3.05, 3.63) is 39.5 Å². The number of nitrogens with zero attached hydrogens (tertiary/aromatic N) is 1. The van der Waals surface area contributed by atoms with Gasteiger partial charge in [0, 0.05) is 10.5 Å². The molecule has 0 bridgehead atoms. The minimum absolute atomic E-state index is 0.271. The first kappa shape index (κ1) is 12.6. The average Bonchev–Trinajstić information content (AvgIpc) is 2.70. The topological polar surface area (TPSA) is 83.8 Å². The van der Waals surface area contributed by atoms with Crippen LogP contribution in [0.5, 0.6) is 0 Å². The molecule has 0 aliphatic carbocycles. The molecule has 1 heterocycles. The third-order valence-electron chi connectivity index (χ3n) is 2.51. The Hall–Kier alpha value is -1.82. The molecule has 0 radical (unpaired) electrons. The summed E-state index contributed by atoms with van der Waals surface area (Å²) in [6, 6.07) is 5.44. The highest BCUT2D eigenvalue weighted by molar-refractivity contribution is 9.10. The lowest BCUT2D eigenvalue weighted by molar-refractivity contribution is 0.102. The van der Waals surface area contributed by atoms with Crippen molar-refractivity contribution in [1.82, 2.24) is 10.2 Å². The number of hydrogen-bond acceptors (Lipinski definition) is 3. The summed E-state index contributed by atoms with van der Waals surface area (Å²) in [5, 5.41) is 9.11. The van der Waals surface area contributed by atoms with Crippen LogP contribution in [0.1, 0.15) is 21.6 Å². The van der Waals surface area contributed by atoms with Crippen molar-refractivity contribution >= 4 is 33.3 Å². The number of amides is 1. The van der Waals surface area contributed by atoms with Crippen molar-refractivity contribution in [2.75, 3.05) is 11.1 Å². The van der Waals surface area contributed by atoms with E-state index in [4.69, 9.17) is 5.73 Å². The van der Waals surface area contributed by atoms with E-state index in [1.807, 2.05) is 26.0 Å². The number of nitrogen functional groups attached to an aromatic ring is 1. The van der Waals surface area contributed by atoms with Gasteiger partial charge in [-0.1, -0.05) is 6.07 Å². The summed E-state index contributed by atoms with van der Waals surface area (Å²) >= 11 is 3.44. The number of anilines is 2. The van der Waals surface area contributed by atoms with Crippen molar-refractivity contribution in [2.24, 2.45) is 0 Å². The molecular weight excluding hydrogens is 296 g/mol. The van der Waals surface area contributed by atoms with Crippen LogP contribution in [0.3, 0.4) is 0 Å². The molecule has 2 rings (SSSR count). The Morgan fingerprint density at radius 1 is 1.39 bits per heavy atom. The summed E-state index contributed by atoms with van der Waals surface area (Å²) < 4.78 is 0.848. The normalized spacial score (nSPS) is 10.4. The number of nitrogens with two attached hydrogens (primary N) is 1. The fourth-order valence-electron chi connectivity index (χ4n) is 1.71. The van der Waals surface area contributed by atoms with Gasteiger partial charge in [0.1, 0.15) is 11.5 Å². The van der Waals surface area contributed by atoms with Gasteiger partial charge in [0.15, 0.2) is 0 Å². The van der Waals surface area contributed by atoms with Gasteiger partial charge < -0.3 is 11.1 Å². The first-order valence-electron chi connectivity index (χ1n) is 5.36. The van der Waals surface area contributed by atoms with Gasteiger partial charge in [-0.15, -0.1) is 0 Å². The summed E-state index contributed by atoms with van der Waals surface area (Å²) in [6.07, 6.45) is 0. The van der Waals surface area contributed by atoms with Crippen LogP contribution < -0.4 is 11.1 Å². The molecule has 94 valence electrons. The summed E-state index contributed by atoms with van der Waals surface area (Å²) in [5.74, 6) is 0.0201. The molecule has 0 fully saturated rings. The van der Waals surface area contributed by atoms with Crippen molar-refractivity contribution in [3.8, 4) is 0 Å². The fourth-order valence-corrected chi connectivity index (χ4v) is 2.48. The molecule has 6 heteroatoms. The lowest BCUT2D eigenvalue weighted by Gasteiger charge is -2.10. The molecule has 1 aromatic heterocycles. The predicted octanol–water partition coefficient (Wildman–Crippen LogP) is 2.62. The van der Waals surface area contributed by atoms with E-state index in [1.54, 1.807) is 0 Å². The highest BCUT2D eigenvalue weighted by atomic mass is 79.9. The van der Waals surface area contributed by atoms with Gasteiger partial charge in [0.05, 0.1) is 5.69 Å². The van der Waals surface area contributed by atoms with Crippen LogP contribution in [-0.2, 0) is 0 Å². The Morgan fingerprint density at radius 2 is 2.11 bits per heavy atom. The van der Waals surface area contributed by atoms with E-state index in [2.05, 4.69) is 31.4 Å². The van der Waals surface area contributed by atoms with E-state index < -0.39 is 0 Å². The van der Waals surface area contributed by atoms with Crippen LogP contribution in [0.25, 0.3) is 0 Å². The highest BCUT2D eigenvalue weighted by Gasteiger charge is 2.12. The van der Waals surface area contributed by atoms with E-state index in [0.717, 1.165) is 21.3 Å². The first-order chi connectivity index (χ1) is 8.47. The second-order valence-corrected chi connectivity index (χ2v) is 4.95. The van der Waals surface area contributed by atoms with E-state index in [9.17, 15) is 4.79 Å². The second kappa shape index (κ2) is 4.81. The van der Waals surface area contributed by atoms with Crippen molar-refractivity contribution < 1.29 is 4.79 Å². The summed E-state index contributed by atoms with van der Waals surface area (Å²) in [5.41, 5.74) is 8.66. The summed E-state index contributed by atoms with van der Waals surface area (Å²) in [6.45, 7) is 3.94. The van der Waals surface area contributed by atoms with Gasteiger partial charge >= 0.3 is 0 Å². The van der Waals surface area contributed by atoms with Gasteiger partial charge in [-0.05, 0) is 47.0 Å². The van der Waals surface area contributed by atoms with E-state index in [1.165, 1.54) is 6.07 Å². The SMILES string of the molecule is Cc1cc(C)c(NC(=O)c2cc(N)n[nH]2)c(Br)c1. The lowest BCUT2D eigenvalue weighted by atomic mass is 10.1. The number of hydrogen-bond donors (Lipinski definition) is 3. The maximum absolute atomic E-state index is 12.0. The number of carbonyl (C=O) groups excluding carboxylic acids is 1. The van der Waals surface area contributed by atoms with Crippen LogP contribution in [-0.4, -0.2) is 16.1 Å². The Balaban J connectivity index is 2.27. The standard InChI is InChI=1S/C12H13BrN4O/c1-6-3-7(2)11(8(13)4-6)15-12(18)9-5-10(14)17-16-9/h3-5H,1-2H3,(H,15,18)(H3,14,16,17). The van der Waals surface area contributed by atoms with Gasteiger partial charge in [-0.3, -0.25) is 9.89 Å². The van der Waals surface area contributed by atoms with Gasteiger partial charge in [-0.2, -0.15) is 5.10 Å². The molecule has 18 heavy (non-hydrogen) atoms. The minimum Gasteiger partial charge on any atom is -0.382 e. The van der Waals surface area contributed by atoms with E-state index in [-0.39, 0.29) is 5.91 Å². The van der Waals surface area contributed by atoms with Crippen LogP contribution >= 0.6 is 15.9 Å². The van der Waals surface area contributed by atoms with Crippen molar-refractivity contribution in [2.45, 2.75) is 13.8 Å². The summed E-state index contributed by atoms with van der Waals surface area (Å²) in [4.78, 5) is 12.0. The number of rotatable bonds is 2. The van der Waals surface area contributed by atoms with Gasteiger partial charge in [0.2, 0.25) is 0 Å². The Kier molecular flexibility index (Phi) is 3.38. The zero-order valence-electron chi connectivity index (χ0n) is 10.0. The van der Waals surface area contributed by atoms with Crippen molar-refractivity contribution in [1.29, 1.82) is 0 Å². The number of H-pyrrole nitrogens is 1. The number of carbonyl (C=O) groups is 1. The maximum atomic E-state index is 12.0. The zero-order chi connectivity index (χ0) is 13.3. The van der Waals surface area contributed by atoms with Crippen LogP contribution in [0.15, 0.2) is 22.7 Å². The number of aryl methyl sites for hydroxylation is 2. The number of benzene rings is 1. The molecule has 5 nitrogen and oxygen atoms in total. The molecule has 0 saturated heterocycles. The van der Waals surface area contributed by atoms with Gasteiger partial charge in [0.25, 0.3) is 5.91 Å². The third kappa shape index (κ3) is 2.53. The third-order valence-corrected chi connectivity index (χ3v) is 3.14. The lowest BCUT2D eigenvalue weighted by Crippen LogP contribution is -2.13. The Morgan fingerprint density at radius 3 is 2.67 bits per heavy atom. The predicted molar refractivity (Wildman–Crippen MR) is 74.6 cm³/mol. The maximum Gasteiger partial charge on any atom is 0.273 e. The molecule has 0 unspecified atom stereocenters. The summed E-state index contributed by atoms with van der Waals surface area (Å²) in [7, 11) is 0. The molecule has 1 aromatic carbocycles. The minimum atomic E-state index is -0.271. The molecule has 0 atom stereocenters. The molecule has 2 aromatic rings. The number of halogens is 1. The molecule has 0 spiro atoms. The van der Waals surface area contributed by atoms with Crippen LogP contribution in [0, 0.1) is 13.8 Å². The van der Waals surface area contributed by atoms with Gasteiger partial charge in [-0.25, -0.2) is 0 Å². The zero-order valence-corrected chi connectivity index (χ0v) is 11.6. The molecule has 0 aliphatic heterocycles. The Labute approximate surface area is 113 Å². The smallest absolute Gasteiger partial charge is 0.273 e. The molecule has 1 amide bonds. The van der Waals surface area contributed by atoms with Crippen LogP contribution in [0.2, 0.25) is 0 Å². The monoisotopic (exact) mass is 308 g/mol. The first-order valence-corrected chi connectivity index (χ1v) is 6.15. The fraction of sp³-hybridized carbons (Fsp3) is 0.167. The number of nitrogens with one attached hydrogen (secondary N) is 2. The quantitative estimate of drug-likeness (QED) is 0.797. The molecular formula is C12H13BrN4O. The molecule has 0 saturated carbocycles. The average molecular weight is 309 g/mol. The van der Waals surface area contributed by atoms with Crippen molar-refractivity contribution in [3.63, 3.8) is 0 Å². The molecule has 0 aliphatic rings. The van der Waals surface area contributed by atoms with E-state index in [0.29, 0.717) is 11.5 Å². The second-order valence-electron chi connectivity index (χ2n) is 4.10. The largest absolute Gasteiger partial charge is 0.382 e. The highest BCUT2D eigenvalue weighted by Crippen LogP contribution is 2.28. The van der Waals surface area contributed by atoms with Crippen LogP contribution in [0.4, 0.5) is 11.5 Å².